The van der Waals surface area contributed by atoms with Crippen molar-refractivity contribution in [1.29, 1.82) is 0 Å². The number of piperidine rings is 1. The van der Waals surface area contributed by atoms with Gasteiger partial charge in [0.25, 0.3) is 0 Å². The lowest BCUT2D eigenvalue weighted by molar-refractivity contribution is -0.129. The summed E-state index contributed by atoms with van der Waals surface area (Å²) in [6.07, 6.45) is 9.14. The molecule has 0 bridgehead atoms. The molecule has 18 heavy (non-hydrogen) atoms. The molecule has 4 nitrogen and oxygen atoms in total. The van der Waals surface area contributed by atoms with Crippen LogP contribution in [0.15, 0.2) is 28.9 Å². The maximum absolute atomic E-state index is 12.1. The zero-order valence-corrected chi connectivity index (χ0v) is 10.5. The summed E-state index contributed by atoms with van der Waals surface area (Å²) in [5.41, 5.74) is 5.60. The molecule has 2 heterocycles. The van der Waals surface area contributed by atoms with Crippen LogP contribution in [0.1, 0.15) is 31.4 Å². The summed E-state index contributed by atoms with van der Waals surface area (Å²) in [5.74, 6) is 0.764. The SMILES string of the molecule is NCCC1CCCCN1C(=O)C=Cc1ccco1. The highest BCUT2D eigenvalue weighted by molar-refractivity contribution is 5.91. The summed E-state index contributed by atoms with van der Waals surface area (Å²) in [6, 6.07) is 3.94. The fourth-order valence-corrected chi connectivity index (χ4v) is 2.42. The van der Waals surface area contributed by atoms with Gasteiger partial charge in [-0.25, -0.2) is 0 Å². The summed E-state index contributed by atoms with van der Waals surface area (Å²) >= 11 is 0. The van der Waals surface area contributed by atoms with Gasteiger partial charge in [0.05, 0.1) is 6.26 Å². The lowest BCUT2D eigenvalue weighted by Crippen LogP contribution is -2.43. The van der Waals surface area contributed by atoms with Crippen LogP contribution in [0.2, 0.25) is 0 Å². The van der Waals surface area contributed by atoms with Gasteiger partial charge in [-0.2, -0.15) is 0 Å². The Kier molecular flexibility index (Phi) is 4.59. The van der Waals surface area contributed by atoms with Gasteiger partial charge in [0.15, 0.2) is 0 Å². The van der Waals surface area contributed by atoms with Crippen molar-refractivity contribution in [1.82, 2.24) is 4.90 Å². The van der Waals surface area contributed by atoms with E-state index >= 15 is 0 Å². The van der Waals surface area contributed by atoms with Crippen LogP contribution in [0.5, 0.6) is 0 Å². The van der Waals surface area contributed by atoms with Crippen LogP contribution >= 0.6 is 0 Å². The molecule has 4 heteroatoms. The fraction of sp³-hybridized carbons (Fsp3) is 0.500. The van der Waals surface area contributed by atoms with Crippen LogP contribution < -0.4 is 5.73 Å². The molecule has 1 unspecified atom stereocenters. The standard InChI is InChI=1S/C14H20N2O2/c15-9-8-12-4-1-2-10-16(12)14(17)7-6-13-5-3-11-18-13/h3,5-7,11-12H,1-2,4,8-10,15H2. The van der Waals surface area contributed by atoms with Crippen LogP contribution in [0.4, 0.5) is 0 Å². The number of amides is 1. The average Bonchev–Trinajstić information content (AvgIpc) is 2.90. The van der Waals surface area contributed by atoms with Gasteiger partial charge in [-0.15, -0.1) is 0 Å². The second kappa shape index (κ2) is 6.40. The highest BCUT2D eigenvalue weighted by Crippen LogP contribution is 2.19. The summed E-state index contributed by atoms with van der Waals surface area (Å²) in [5, 5.41) is 0. The van der Waals surface area contributed by atoms with Crippen LogP contribution in [0.3, 0.4) is 0 Å². The highest BCUT2D eigenvalue weighted by atomic mass is 16.3. The van der Waals surface area contributed by atoms with E-state index in [0.29, 0.717) is 18.3 Å². The molecule has 0 radical (unpaired) electrons. The third-order valence-corrected chi connectivity index (χ3v) is 3.34. The lowest BCUT2D eigenvalue weighted by atomic mass is 9.99. The molecule has 1 amide bonds. The second-order valence-electron chi connectivity index (χ2n) is 4.61. The monoisotopic (exact) mass is 248 g/mol. The number of carbonyl (C=O) groups is 1. The number of nitrogens with zero attached hydrogens (tertiary/aromatic N) is 1. The van der Waals surface area contributed by atoms with Gasteiger partial charge >= 0.3 is 0 Å². The Morgan fingerprint density at radius 2 is 2.44 bits per heavy atom. The molecule has 1 atom stereocenters. The molecule has 2 rings (SSSR count). The first-order valence-electron chi connectivity index (χ1n) is 6.53. The lowest BCUT2D eigenvalue weighted by Gasteiger charge is -2.35. The van der Waals surface area contributed by atoms with Gasteiger partial charge in [0.2, 0.25) is 5.91 Å². The minimum absolute atomic E-state index is 0.0598. The van der Waals surface area contributed by atoms with E-state index in [2.05, 4.69) is 0 Å². The molecule has 1 saturated heterocycles. The van der Waals surface area contributed by atoms with Crippen molar-refractivity contribution in [3.63, 3.8) is 0 Å². The van der Waals surface area contributed by atoms with Crippen molar-refractivity contribution >= 4 is 12.0 Å². The summed E-state index contributed by atoms with van der Waals surface area (Å²) < 4.78 is 5.17. The van der Waals surface area contributed by atoms with Crippen LogP contribution in [0.25, 0.3) is 6.08 Å². The Hall–Kier alpha value is -1.55. The van der Waals surface area contributed by atoms with Crippen molar-refractivity contribution < 1.29 is 9.21 Å². The minimum Gasteiger partial charge on any atom is -0.465 e. The van der Waals surface area contributed by atoms with E-state index in [0.717, 1.165) is 25.8 Å². The molecule has 0 aliphatic carbocycles. The van der Waals surface area contributed by atoms with Gasteiger partial charge in [-0.3, -0.25) is 4.79 Å². The van der Waals surface area contributed by atoms with Crippen LogP contribution in [0, 0.1) is 0 Å². The number of rotatable bonds is 4. The van der Waals surface area contributed by atoms with Crippen molar-refractivity contribution in [2.75, 3.05) is 13.1 Å². The maximum atomic E-state index is 12.1. The number of hydrogen-bond acceptors (Lipinski definition) is 3. The van der Waals surface area contributed by atoms with Crippen LogP contribution in [-0.2, 0) is 4.79 Å². The zero-order valence-electron chi connectivity index (χ0n) is 10.5. The van der Waals surface area contributed by atoms with Gasteiger partial charge < -0.3 is 15.1 Å². The topological polar surface area (TPSA) is 59.5 Å². The van der Waals surface area contributed by atoms with Gasteiger partial charge in [-0.1, -0.05) is 0 Å². The molecule has 2 N–H and O–H groups in total. The molecular weight excluding hydrogens is 228 g/mol. The predicted molar refractivity (Wildman–Crippen MR) is 70.8 cm³/mol. The van der Waals surface area contributed by atoms with E-state index < -0.39 is 0 Å². The van der Waals surface area contributed by atoms with E-state index in [1.54, 1.807) is 18.4 Å². The molecule has 1 aromatic heterocycles. The fourth-order valence-electron chi connectivity index (χ4n) is 2.42. The molecule has 1 aromatic rings. The Labute approximate surface area is 107 Å². The smallest absolute Gasteiger partial charge is 0.246 e. The minimum atomic E-state index is 0.0598. The predicted octanol–water partition coefficient (Wildman–Crippen LogP) is 2.02. The highest BCUT2D eigenvalue weighted by Gasteiger charge is 2.24. The molecule has 0 spiro atoms. The van der Waals surface area contributed by atoms with Gasteiger partial charge in [-0.05, 0) is 50.4 Å². The molecule has 0 aromatic carbocycles. The second-order valence-corrected chi connectivity index (χ2v) is 4.61. The molecule has 0 saturated carbocycles. The summed E-state index contributed by atoms with van der Waals surface area (Å²) in [6.45, 7) is 1.47. The first kappa shape index (κ1) is 12.9. The molecule has 98 valence electrons. The Bertz CT molecular complexity index is 396. The average molecular weight is 248 g/mol. The Morgan fingerprint density at radius 3 is 3.17 bits per heavy atom. The number of nitrogens with two attached hydrogens (primary N) is 1. The number of hydrogen-bond donors (Lipinski definition) is 1. The van der Waals surface area contributed by atoms with Crippen molar-refractivity contribution in [2.45, 2.75) is 31.7 Å². The largest absolute Gasteiger partial charge is 0.465 e. The number of likely N-dealkylation sites (tertiary alicyclic amines) is 1. The first-order valence-corrected chi connectivity index (χ1v) is 6.53. The van der Waals surface area contributed by atoms with Crippen molar-refractivity contribution in [3.8, 4) is 0 Å². The van der Waals surface area contributed by atoms with E-state index in [1.807, 2.05) is 17.0 Å². The van der Waals surface area contributed by atoms with Crippen LogP contribution in [-0.4, -0.2) is 29.9 Å². The van der Waals surface area contributed by atoms with Crippen molar-refractivity contribution in [2.24, 2.45) is 5.73 Å². The van der Waals surface area contributed by atoms with Crippen molar-refractivity contribution in [3.05, 3.63) is 30.2 Å². The van der Waals surface area contributed by atoms with E-state index in [9.17, 15) is 4.79 Å². The Morgan fingerprint density at radius 1 is 1.56 bits per heavy atom. The summed E-state index contributed by atoms with van der Waals surface area (Å²) in [4.78, 5) is 14.1. The quantitative estimate of drug-likeness (QED) is 0.829. The Balaban J connectivity index is 1.97. The van der Waals surface area contributed by atoms with E-state index in [4.69, 9.17) is 10.2 Å². The third-order valence-electron chi connectivity index (χ3n) is 3.34. The number of carbonyl (C=O) groups excluding carboxylic acids is 1. The normalized spacial score (nSPS) is 20.5. The first-order chi connectivity index (χ1) is 8.81. The molecule has 1 fully saturated rings. The maximum Gasteiger partial charge on any atom is 0.246 e. The zero-order chi connectivity index (χ0) is 12.8. The van der Waals surface area contributed by atoms with Gasteiger partial charge in [0, 0.05) is 18.7 Å². The number of furan rings is 1. The summed E-state index contributed by atoms with van der Waals surface area (Å²) in [7, 11) is 0. The molecular formula is C14H20N2O2. The third kappa shape index (κ3) is 3.23. The molecule has 1 aliphatic rings. The van der Waals surface area contributed by atoms with E-state index in [1.165, 1.54) is 6.42 Å². The molecule has 1 aliphatic heterocycles. The van der Waals surface area contributed by atoms with E-state index in [-0.39, 0.29) is 5.91 Å². The van der Waals surface area contributed by atoms with Gasteiger partial charge in [0.1, 0.15) is 5.76 Å².